The first kappa shape index (κ1) is 19.8. The van der Waals surface area contributed by atoms with Crippen molar-refractivity contribution in [2.24, 2.45) is 0 Å². The fraction of sp³-hybridized carbons (Fsp3) is 0.375. The Morgan fingerprint density at radius 2 is 1.42 bits per heavy atom. The van der Waals surface area contributed by atoms with Crippen LogP contribution < -0.4 is 0 Å². The third-order valence-electron chi connectivity index (χ3n) is 2.47. The van der Waals surface area contributed by atoms with Gasteiger partial charge in [-0.2, -0.15) is 11.8 Å². The maximum absolute atomic E-state index is 9.71. The van der Waals surface area contributed by atoms with E-state index >= 15 is 0 Å². The van der Waals surface area contributed by atoms with E-state index in [1.54, 1.807) is 0 Å². The summed E-state index contributed by atoms with van der Waals surface area (Å²) in [6.45, 7) is 4.36. The minimum absolute atomic E-state index is 0. The van der Waals surface area contributed by atoms with Crippen molar-refractivity contribution in [3.63, 3.8) is 0 Å². The zero-order chi connectivity index (χ0) is 13.2. The molecule has 104 valence electrons. The summed E-state index contributed by atoms with van der Waals surface area (Å²) in [4.78, 5) is 0. The Hall–Kier alpha value is 0.829. The maximum Gasteiger partial charge on any atom is 2.00 e. The van der Waals surface area contributed by atoms with Gasteiger partial charge in [-0.15, -0.1) is 0 Å². The van der Waals surface area contributed by atoms with Crippen molar-refractivity contribution in [3.8, 4) is 0 Å². The molecule has 0 bridgehead atoms. The molecule has 0 aliphatic heterocycles. The van der Waals surface area contributed by atoms with E-state index in [4.69, 9.17) is 0 Å². The molecule has 1 unspecified atom stereocenters. The number of aliphatic hydroxyl groups excluding tert-OH is 1. The predicted octanol–water partition coefficient (Wildman–Crippen LogP) is 3.30. The monoisotopic (exact) mass is 318 g/mol. The molecular formula is C16H22FeOS+2. The van der Waals surface area contributed by atoms with Gasteiger partial charge in [-0.3, -0.25) is 0 Å². The van der Waals surface area contributed by atoms with Gasteiger partial charge >= 0.3 is 17.1 Å². The average Bonchev–Trinajstić information content (AvgIpc) is 3.05. The summed E-state index contributed by atoms with van der Waals surface area (Å²) in [7, 11) is 0. The Kier molecular flexibility index (Phi) is 13.1. The van der Waals surface area contributed by atoms with Crippen molar-refractivity contribution in [2.45, 2.75) is 31.6 Å². The molecule has 0 spiro atoms. The van der Waals surface area contributed by atoms with Gasteiger partial charge in [0.25, 0.3) is 0 Å². The molecule has 1 atom stereocenters. The summed E-state index contributed by atoms with van der Waals surface area (Å²) in [5.74, 6) is 2.08. The van der Waals surface area contributed by atoms with Crippen LogP contribution >= 0.6 is 11.8 Å². The molecule has 2 fully saturated rings. The van der Waals surface area contributed by atoms with E-state index in [0.29, 0.717) is 5.25 Å². The van der Waals surface area contributed by atoms with E-state index in [9.17, 15) is 5.11 Å². The second-order valence-corrected chi connectivity index (χ2v) is 6.09. The van der Waals surface area contributed by atoms with Gasteiger partial charge < -0.3 is 5.11 Å². The zero-order valence-electron chi connectivity index (χ0n) is 11.5. The van der Waals surface area contributed by atoms with Gasteiger partial charge in [0.2, 0.25) is 0 Å². The Balaban J connectivity index is 0.000000454. The van der Waals surface area contributed by atoms with E-state index in [2.05, 4.69) is 13.8 Å². The predicted molar refractivity (Wildman–Crippen MR) is 80.2 cm³/mol. The van der Waals surface area contributed by atoms with E-state index < -0.39 is 0 Å². The van der Waals surface area contributed by atoms with E-state index in [1.807, 2.05) is 69.5 Å². The van der Waals surface area contributed by atoms with Crippen LogP contribution in [0.15, 0.2) is 0 Å². The number of hydrogen-bond acceptors (Lipinski definition) is 2. The van der Waals surface area contributed by atoms with Crippen molar-refractivity contribution < 1.29 is 22.2 Å². The molecule has 1 nitrogen and oxygen atoms in total. The summed E-state index contributed by atoms with van der Waals surface area (Å²) in [6, 6.07) is 0. The fourth-order valence-corrected chi connectivity index (χ4v) is 2.34. The maximum atomic E-state index is 9.71. The summed E-state index contributed by atoms with van der Waals surface area (Å²) >= 11 is 1.90. The molecule has 0 heterocycles. The number of rotatable bonds is 5. The zero-order valence-corrected chi connectivity index (χ0v) is 13.4. The van der Waals surface area contributed by atoms with Crippen LogP contribution in [-0.2, 0) is 17.1 Å². The molecule has 2 aliphatic carbocycles. The first-order chi connectivity index (χ1) is 8.70. The van der Waals surface area contributed by atoms with E-state index in [1.165, 1.54) is 0 Å². The molecule has 0 aromatic carbocycles. The molecule has 19 heavy (non-hydrogen) atoms. The van der Waals surface area contributed by atoms with Crippen LogP contribution in [0.5, 0.6) is 0 Å². The standard InChI is InChI=1S/C11H17OS.C5H5.Fe/c1-9(2)13-8-7-11(12)10-5-3-4-6-10;1-2-4-5-3-1;/h3-6,9,11-12H,7-8H2,1-2H3;1-5H;/q;;+2. The minimum Gasteiger partial charge on any atom is -0.392 e. The Morgan fingerprint density at radius 1 is 0.947 bits per heavy atom. The average molecular weight is 318 g/mol. The van der Waals surface area contributed by atoms with Crippen LogP contribution in [0.4, 0.5) is 0 Å². The van der Waals surface area contributed by atoms with Gasteiger partial charge in [0.15, 0.2) is 0 Å². The van der Waals surface area contributed by atoms with Crippen LogP contribution in [0.2, 0.25) is 0 Å². The van der Waals surface area contributed by atoms with Crippen LogP contribution in [0.1, 0.15) is 20.3 Å². The number of hydrogen-bond donors (Lipinski definition) is 1. The van der Waals surface area contributed by atoms with Gasteiger partial charge in [-0.25, -0.2) is 0 Å². The quantitative estimate of drug-likeness (QED) is 0.785. The molecule has 0 aromatic rings. The molecule has 3 heteroatoms. The molecule has 1 N–H and O–H groups in total. The number of thioether (sulfide) groups is 1. The summed E-state index contributed by atoms with van der Waals surface area (Å²) in [5.41, 5.74) is 0. The van der Waals surface area contributed by atoms with Crippen molar-refractivity contribution in [1.29, 1.82) is 0 Å². The third kappa shape index (κ3) is 10.2. The molecular weight excluding hydrogens is 296 g/mol. The van der Waals surface area contributed by atoms with Crippen LogP contribution in [0.3, 0.4) is 0 Å². The van der Waals surface area contributed by atoms with Crippen LogP contribution in [0.25, 0.3) is 0 Å². The molecule has 10 radical (unpaired) electrons. The van der Waals surface area contributed by atoms with Gasteiger partial charge in [0.1, 0.15) is 0 Å². The SMILES string of the molecule is CC(C)SCCC(O)[C]1[CH][CH][CH][CH]1.[CH]1[CH][CH][CH][CH]1.[Fe+2]. The molecule has 2 rings (SSSR count). The topological polar surface area (TPSA) is 20.2 Å². The first-order valence-corrected chi connectivity index (χ1v) is 7.43. The van der Waals surface area contributed by atoms with Crippen molar-refractivity contribution in [2.75, 3.05) is 5.75 Å². The second-order valence-electron chi connectivity index (χ2n) is 4.40. The molecule has 2 saturated carbocycles. The first-order valence-electron chi connectivity index (χ1n) is 6.38. The van der Waals surface area contributed by atoms with Crippen molar-refractivity contribution in [3.05, 3.63) is 63.7 Å². The molecule has 0 amide bonds. The number of aliphatic hydroxyl groups is 1. The minimum atomic E-state index is -0.277. The molecule has 0 saturated heterocycles. The van der Waals surface area contributed by atoms with Gasteiger partial charge in [0.05, 0.1) is 6.10 Å². The Labute approximate surface area is 135 Å². The van der Waals surface area contributed by atoms with Crippen LogP contribution in [-0.4, -0.2) is 22.2 Å². The summed E-state index contributed by atoms with van der Waals surface area (Å²) in [5, 5.41) is 10.4. The molecule has 0 aromatic heterocycles. The van der Waals surface area contributed by atoms with Crippen molar-refractivity contribution in [1.82, 2.24) is 0 Å². The van der Waals surface area contributed by atoms with E-state index in [-0.39, 0.29) is 23.2 Å². The third-order valence-corrected chi connectivity index (χ3v) is 3.61. The van der Waals surface area contributed by atoms with Gasteiger partial charge in [-0.05, 0) is 75.2 Å². The summed E-state index contributed by atoms with van der Waals surface area (Å²) in [6.07, 6.45) is 18.5. The molecule has 2 aliphatic rings. The smallest absolute Gasteiger partial charge is 0.392 e. The van der Waals surface area contributed by atoms with E-state index in [0.717, 1.165) is 18.1 Å². The Morgan fingerprint density at radius 3 is 1.84 bits per heavy atom. The Bertz CT molecular complexity index is 182. The second kappa shape index (κ2) is 12.6. The fourth-order valence-electron chi connectivity index (χ4n) is 1.51. The normalized spacial score (nSPS) is 20.8. The summed E-state index contributed by atoms with van der Waals surface area (Å²) < 4.78 is 0. The largest absolute Gasteiger partial charge is 2.00 e. The van der Waals surface area contributed by atoms with Crippen LogP contribution in [0, 0.1) is 63.7 Å². The van der Waals surface area contributed by atoms with Gasteiger partial charge in [-0.1, -0.05) is 13.8 Å². The van der Waals surface area contributed by atoms with Gasteiger partial charge in [0, 0.05) is 5.92 Å². The van der Waals surface area contributed by atoms with Crippen molar-refractivity contribution >= 4 is 11.8 Å².